The smallest absolute Gasteiger partial charge is 0.145 e. The van der Waals surface area contributed by atoms with Gasteiger partial charge in [0, 0.05) is 6.04 Å². The summed E-state index contributed by atoms with van der Waals surface area (Å²) in [5.74, 6) is -0.848. The van der Waals surface area contributed by atoms with E-state index < -0.39 is 11.6 Å². The van der Waals surface area contributed by atoms with E-state index >= 15 is 0 Å². The molecule has 5 heteroatoms. The normalized spacial score (nSPS) is 12.4. The summed E-state index contributed by atoms with van der Waals surface area (Å²) < 4.78 is 27.4. The average molecular weight is 330 g/mol. The van der Waals surface area contributed by atoms with Gasteiger partial charge in [0.15, 0.2) is 0 Å². The van der Waals surface area contributed by atoms with Gasteiger partial charge in [-0.15, -0.1) is 0 Å². The standard InChI is InChI=1S/C16H15Cl2F2N/c1-21-12(7-10-5-6-13(17)15(19)8-10)9-11-3-2-4-14(18)16(11)20/h2-6,8,12,21H,7,9H2,1H3. The van der Waals surface area contributed by atoms with Crippen LogP contribution in [-0.2, 0) is 12.8 Å². The first kappa shape index (κ1) is 16.2. The molecule has 0 aromatic heterocycles. The predicted octanol–water partition coefficient (Wildman–Crippen LogP) is 4.64. The van der Waals surface area contributed by atoms with Gasteiger partial charge >= 0.3 is 0 Å². The highest BCUT2D eigenvalue weighted by atomic mass is 35.5. The van der Waals surface area contributed by atoms with Crippen molar-refractivity contribution in [1.29, 1.82) is 0 Å². The Hall–Kier alpha value is -1.16. The fourth-order valence-electron chi connectivity index (χ4n) is 2.20. The summed E-state index contributed by atoms with van der Waals surface area (Å²) in [4.78, 5) is 0. The second-order valence-corrected chi connectivity index (χ2v) is 5.67. The zero-order valence-corrected chi connectivity index (χ0v) is 13.0. The summed E-state index contributed by atoms with van der Waals surface area (Å²) in [5, 5.41) is 3.32. The van der Waals surface area contributed by atoms with Crippen molar-refractivity contribution < 1.29 is 8.78 Å². The fourth-order valence-corrected chi connectivity index (χ4v) is 2.51. The van der Waals surface area contributed by atoms with Crippen molar-refractivity contribution >= 4 is 23.2 Å². The number of rotatable bonds is 5. The lowest BCUT2D eigenvalue weighted by molar-refractivity contribution is 0.530. The van der Waals surface area contributed by atoms with E-state index in [2.05, 4.69) is 5.32 Å². The first-order chi connectivity index (χ1) is 10.0. The number of halogens is 4. The third-order valence-electron chi connectivity index (χ3n) is 3.37. The predicted molar refractivity (Wildman–Crippen MR) is 83.1 cm³/mol. The molecule has 0 saturated carbocycles. The van der Waals surface area contributed by atoms with Crippen molar-refractivity contribution in [1.82, 2.24) is 5.32 Å². The molecule has 112 valence electrons. The highest BCUT2D eigenvalue weighted by molar-refractivity contribution is 6.31. The molecule has 0 radical (unpaired) electrons. The third kappa shape index (κ3) is 4.16. The molecule has 0 bridgehead atoms. The Morgan fingerprint density at radius 3 is 2.48 bits per heavy atom. The van der Waals surface area contributed by atoms with Crippen LogP contribution >= 0.6 is 23.2 Å². The maximum Gasteiger partial charge on any atom is 0.145 e. The van der Waals surface area contributed by atoms with Gasteiger partial charge in [-0.3, -0.25) is 0 Å². The molecular formula is C16H15Cl2F2N. The van der Waals surface area contributed by atoms with Crippen molar-refractivity contribution in [2.75, 3.05) is 7.05 Å². The molecule has 0 amide bonds. The first-order valence-corrected chi connectivity index (χ1v) is 7.31. The lowest BCUT2D eigenvalue weighted by atomic mass is 9.98. The topological polar surface area (TPSA) is 12.0 Å². The first-order valence-electron chi connectivity index (χ1n) is 6.55. The second-order valence-electron chi connectivity index (χ2n) is 4.86. The van der Waals surface area contributed by atoms with Crippen LogP contribution in [0.15, 0.2) is 36.4 Å². The van der Waals surface area contributed by atoms with Gasteiger partial charge in [-0.05, 0) is 49.2 Å². The molecule has 2 rings (SSSR count). The SMILES string of the molecule is CNC(Cc1ccc(Cl)c(F)c1)Cc1cccc(Cl)c1F. The molecule has 0 saturated heterocycles. The zero-order valence-electron chi connectivity index (χ0n) is 11.5. The minimum absolute atomic E-state index is 0.0291. The third-order valence-corrected chi connectivity index (χ3v) is 3.97. The Labute approximate surface area is 132 Å². The van der Waals surface area contributed by atoms with Gasteiger partial charge in [0.1, 0.15) is 11.6 Å². The summed E-state index contributed by atoms with van der Waals surface area (Å²) >= 11 is 11.4. The quantitative estimate of drug-likeness (QED) is 0.842. The molecule has 0 spiro atoms. The van der Waals surface area contributed by atoms with Crippen LogP contribution in [0.2, 0.25) is 10.0 Å². The Morgan fingerprint density at radius 1 is 1.05 bits per heavy atom. The van der Waals surface area contributed by atoms with Crippen molar-refractivity contribution in [3.63, 3.8) is 0 Å². The maximum absolute atomic E-state index is 13.9. The number of benzene rings is 2. The molecule has 2 aromatic rings. The van der Waals surface area contributed by atoms with Crippen LogP contribution in [0.3, 0.4) is 0 Å². The summed E-state index contributed by atoms with van der Waals surface area (Å²) in [6, 6.07) is 9.61. The molecule has 0 aliphatic heterocycles. The van der Waals surface area contributed by atoms with Gasteiger partial charge in [0.05, 0.1) is 10.0 Å². The molecule has 0 fully saturated rings. The van der Waals surface area contributed by atoms with Crippen molar-refractivity contribution in [3.05, 3.63) is 69.2 Å². The van der Waals surface area contributed by atoms with Gasteiger partial charge in [-0.2, -0.15) is 0 Å². The molecule has 2 aromatic carbocycles. The van der Waals surface area contributed by atoms with Gasteiger partial charge < -0.3 is 5.32 Å². The van der Waals surface area contributed by atoms with Crippen molar-refractivity contribution in [2.24, 2.45) is 0 Å². The molecule has 0 aliphatic carbocycles. The van der Waals surface area contributed by atoms with E-state index in [1.165, 1.54) is 18.2 Å². The Morgan fingerprint density at radius 2 is 1.81 bits per heavy atom. The van der Waals surface area contributed by atoms with Crippen LogP contribution in [0.1, 0.15) is 11.1 Å². The van der Waals surface area contributed by atoms with E-state index in [0.29, 0.717) is 18.4 Å². The number of likely N-dealkylation sites (N-methyl/N-ethyl adjacent to an activating group) is 1. The monoisotopic (exact) mass is 329 g/mol. The lowest BCUT2D eigenvalue weighted by Gasteiger charge is -2.17. The molecule has 1 N–H and O–H groups in total. The van der Waals surface area contributed by atoms with Gasteiger partial charge in [0.2, 0.25) is 0 Å². The summed E-state index contributed by atoms with van der Waals surface area (Å²) in [7, 11) is 1.79. The molecule has 1 nitrogen and oxygen atoms in total. The van der Waals surface area contributed by atoms with Crippen LogP contribution in [0.25, 0.3) is 0 Å². The van der Waals surface area contributed by atoms with Crippen molar-refractivity contribution in [2.45, 2.75) is 18.9 Å². The van der Waals surface area contributed by atoms with E-state index in [4.69, 9.17) is 23.2 Å². The average Bonchev–Trinajstić information content (AvgIpc) is 2.47. The fraction of sp³-hybridized carbons (Fsp3) is 0.250. The number of hydrogen-bond acceptors (Lipinski definition) is 1. The molecule has 1 unspecified atom stereocenters. The van der Waals surface area contributed by atoms with E-state index in [9.17, 15) is 8.78 Å². The highest BCUT2D eigenvalue weighted by Crippen LogP contribution is 2.21. The minimum atomic E-state index is -0.446. The second kappa shape index (κ2) is 7.21. The molecule has 0 aliphatic rings. The van der Waals surface area contributed by atoms with Gasteiger partial charge in [-0.25, -0.2) is 8.78 Å². The largest absolute Gasteiger partial charge is 0.316 e. The zero-order chi connectivity index (χ0) is 15.4. The lowest BCUT2D eigenvalue weighted by Crippen LogP contribution is -2.30. The van der Waals surface area contributed by atoms with Crippen molar-refractivity contribution in [3.8, 4) is 0 Å². The minimum Gasteiger partial charge on any atom is -0.316 e. The van der Waals surface area contributed by atoms with Crippen LogP contribution in [0.4, 0.5) is 8.78 Å². The van der Waals surface area contributed by atoms with Crippen LogP contribution in [0.5, 0.6) is 0 Å². The Kier molecular flexibility index (Phi) is 5.57. The Balaban J connectivity index is 2.13. The maximum atomic E-state index is 13.9. The summed E-state index contributed by atoms with van der Waals surface area (Å²) in [6.45, 7) is 0. The van der Waals surface area contributed by atoms with E-state index in [1.54, 1.807) is 25.2 Å². The number of hydrogen-bond donors (Lipinski definition) is 1. The molecule has 0 heterocycles. The van der Waals surface area contributed by atoms with E-state index in [1.807, 2.05) is 0 Å². The summed E-state index contributed by atoms with van der Waals surface area (Å²) in [6.07, 6.45) is 1.03. The van der Waals surface area contributed by atoms with Gasteiger partial charge in [-0.1, -0.05) is 41.4 Å². The van der Waals surface area contributed by atoms with Crippen LogP contribution in [-0.4, -0.2) is 13.1 Å². The molecular weight excluding hydrogens is 315 g/mol. The highest BCUT2D eigenvalue weighted by Gasteiger charge is 2.14. The number of nitrogens with one attached hydrogen (secondary N) is 1. The van der Waals surface area contributed by atoms with Crippen LogP contribution < -0.4 is 5.32 Å². The van der Waals surface area contributed by atoms with Crippen LogP contribution in [0, 0.1) is 11.6 Å². The summed E-state index contributed by atoms with van der Waals surface area (Å²) in [5.41, 5.74) is 1.34. The molecule has 1 atom stereocenters. The van der Waals surface area contributed by atoms with E-state index in [-0.39, 0.29) is 16.1 Å². The van der Waals surface area contributed by atoms with E-state index in [0.717, 1.165) is 5.56 Å². The molecule has 21 heavy (non-hydrogen) atoms. The Bertz CT molecular complexity index is 632. The van der Waals surface area contributed by atoms with Gasteiger partial charge in [0.25, 0.3) is 0 Å².